The van der Waals surface area contributed by atoms with Crippen LogP contribution in [0.1, 0.15) is 74.2 Å². The summed E-state index contributed by atoms with van der Waals surface area (Å²) in [7, 11) is 0. The summed E-state index contributed by atoms with van der Waals surface area (Å²) < 4.78 is 0. The smallest absolute Gasteiger partial charge is 0.163 e. The molecule has 0 radical (unpaired) electrons. The van der Waals surface area contributed by atoms with E-state index < -0.39 is 0 Å². The summed E-state index contributed by atoms with van der Waals surface area (Å²) in [5.41, 5.74) is 7.94. The van der Waals surface area contributed by atoms with Crippen molar-refractivity contribution in [2.24, 2.45) is 17.6 Å². The van der Waals surface area contributed by atoms with Crippen molar-refractivity contribution in [2.75, 3.05) is 6.54 Å². The third-order valence-electron chi connectivity index (χ3n) is 5.03. The molecule has 2 heteroatoms. The van der Waals surface area contributed by atoms with Gasteiger partial charge in [0.25, 0.3) is 0 Å². The van der Waals surface area contributed by atoms with E-state index in [4.69, 9.17) is 5.73 Å². The SMILES string of the molecule is CC(C)C(CCN)CCC(=O)c1ccccc1C1CCC1. The zero-order chi connectivity index (χ0) is 15.2. The maximum absolute atomic E-state index is 12.6. The summed E-state index contributed by atoms with van der Waals surface area (Å²) in [5, 5.41) is 0. The molecule has 0 saturated heterocycles. The van der Waals surface area contributed by atoms with Crippen LogP contribution in [0.3, 0.4) is 0 Å². The van der Waals surface area contributed by atoms with Crippen molar-refractivity contribution in [1.82, 2.24) is 0 Å². The Bertz CT molecular complexity index is 462. The number of carbonyl (C=O) groups excluding carboxylic acids is 1. The minimum absolute atomic E-state index is 0.320. The monoisotopic (exact) mass is 287 g/mol. The fraction of sp³-hybridized carbons (Fsp3) is 0.632. The predicted molar refractivity (Wildman–Crippen MR) is 88.6 cm³/mol. The van der Waals surface area contributed by atoms with Crippen LogP contribution in [-0.2, 0) is 0 Å². The average molecular weight is 287 g/mol. The Morgan fingerprint density at radius 3 is 2.52 bits per heavy atom. The van der Waals surface area contributed by atoms with Crippen LogP contribution in [0, 0.1) is 11.8 Å². The number of carbonyl (C=O) groups is 1. The highest BCUT2D eigenvalue weighted by atomic mass is 16.1. The zero-order valence-electron chi connectivity index (χ0n) is 13.5. The van der Waals surface area contributed by atoms with E-state index in [1.54, 1.807) is 0 Å². The van der Waals surface area contributed by atoms with Gasteiger partial charge in [0, 0.05) is 12.0 Å². The molecule has 2 nitrogen and oxygen atoms in total. The number of hydrogen-bond donors (Lipinski definition) is 1. The number of Topliss-reactive ketones (excluding diaryl/α,β-unsaturated/α-hetero) is 1. The first kappa shape index (κ1) is 16.2. The summed E-state index contributed by atoms with van der Waals surface area (Å²) in [6.45, 7) is 5.18. The fourth-order valence-electron chi connectivity index (χ4n) is 3.30. The Hall–Kier alpha value is -1.15. The van der Waals surface area contributed by atoms with Gasteiger partial charge in [-0.15, -0.1) is 0 Å². The molecule has 2 rings (SSSR count). The molecule has 0 amide bonds. The highest BCUT2D eigenvalue weighted by Crippen LogP contribution is 2.38. The molecule has 21 heavy (non-hydrogen) atoms. The summed E-state index contributed by atoms with van der Waals surface area (Å²) in [6.07, 6.45) is 6.44. The molecule has 116 valence electrons. The Morgan fingerprint density at radius 2 is 1.95 bits per heavy atom. The minimum Gasteiger partial charge on any atom is -0.330 e. The molecule has 1 aliphatic carbocycles. The van der Waals surface area contributed by atoms with E-state index in [1.807, 2.05) is 12.1 Å². The van der Waals surface area contributed by atoms with Crippen LogP contribution in [0.25, 0.3) is 0 Å². The number of nitrogens with two attached hydrogens (primary N) is 1. The van der Waals surface area contributed by atoms with Gasteiger partial charge in [0.15, 0.2) is 5.78 Å². The second-order valence-corrected chi connectivity index (χ2v) is 6.76. The first-order chi connectivity index (χ1) is 10.1. The highest BCUT2D eigenvalue weighted by Gasteiger charge is 2.24. The summed E-state index contributed by atoms with van der Waals surface area (Å²) >= 11 is 0. The first-order valence-corrected chi connectivity index (χ1v) is 8.45. The molecule has 0 bridgehead atoms. The normalized spacial score (nSPS) is 16.8. The van der Waals surface area contributed by atoms with E-state index in [9.17, 15) is 4.79 Å². The van der Waals surface area contributed by atoms with Crippen LogP contribution in [0.2, 0.25) is 0 Å². The van der Waals surface area contributed by atoms with Crippen LogP contribution in [0.5, 0.6) is 0 Å². The molecule has 0 aromatic heterocycles. The third-order valence-corrected chi connectivity index (χ3v) is 5.03. The van der Waals surface area contributed by atoms with Crippen LogP contribution in [0.4, 0.5) is 0 Å². The van der Waals surface area contributed by atoms with Crippen molar-refractivity contribution in [3.8, 4) is 0 Å². The number of ketones is 1. The van der Waals surface area contributed by atoms with E-state index >= 15 is 0 Å². The summed E-state index contributed by atoms with van der Waals surface area (Å²) in [5.74, 6) is 2.10. The standard InChI is InChI=1S/C19H29NO/c1-14(2)15(12-13-20)10-11-19(21)18-9-4-3-8-17(18)16-6-5-7-16/h3-4,8-9,14-16H,5-7,10-13,20H2,1-2H3. The Morgan fingerprint density at radius 1 is 1.24 bits per heavy atom. The minimum atomic E-state index is 0.320. The second-order valence-electron chi connectivity index (χ2n) is 6.76. The topological polar surface area (TPSA) is 43.1 Å². The largest absolute Gasteiger partial charge is 0.330 e. The molecule has 0 heterocycles. The maximum Gasteiger partial charge on any atom is 0.163 e. The van der Waals surface area contributed by atoms with Crippen molar-refractivity contribution in [1.29, 1.82) is 0 Å². The van der Waals surface area contributed by atoms with Gasteiger partial charge in [-0.25, -0.2) is 0 Å². The van der Waals surface area contributed by atoms with Gasteiger partial charge in [0.1, 0.15) is 0 Å². The molecule has 0 spiro atoms. The molecule has 1 unspecified atom stereocenters. The van der Waals surface area contributed by atoms with Gasteiger partial charge in [-0.1, -0.05) is 44.5 Å². The van der Waals surface area contributed by atoms with Crippen molar-refractivity contribution in [2.45, 2.75) is 58.3 Å². The van der Waals surface area contributed by atoms with Crippen LogP contribution < -0.4 is 5.73 Å². The van der Waals surface area contributed by atoms with Gasteiger partial charge in [0.2, 0.25) is 0 Å². The highest BCUT2D eigenvalue weighted by molar-refractivity contribution is 5.97. The maximum atomic E-state index is 12.6. The van der Waals surface area contributed by atoms with Gasteiger partial charge < -0.3 is 5.73 Å². The molecular formula is C19H29NO. The average Bonchev–Trinajstić information content (AvgIpc) is 2.41. The lowest BCUT2D eigenvalue weighted by Gasteiger charge is -2.27. The Balaban J connectivity index is 2.00. The van der Waals surface area contributed by atoms with Gasteiger partial charge >= 0.3 is 0 Å². The molecule has 1 aromatic carbocycles. The fourth-order valence-corrected chi connectivity index (χ4v) is 3.30. The zero-order valence-corrected chi connectivity index (χ0v) is 13.5. The quantitative estimate of drug-likeness (QED) is 0.713. The van der Waals surface area contributed by atoms with Crippen molar-refractivity contribution in [3.05, 3.63) is 35.4 Å². The van der Waals surface area contributed by atoms with E-state index in [0.717, 1.165) is 24.9 Å². The van der Waals surface area contributed by atoms with Crippen LogP contribution in [-0.4, -0.2) is 12.3 Å². The molecule has 2 N–H and O–H groups in total. The third kappa shape index (κ3) is 4.16. The van der Waals surface area contributed by atoms with E-state index in [1.165, 1.54) is 24.8 Å². The summed E-state index contributed by atoms with van der Waals surface area (Å²) in [4.78, 5) is 12.6. The van der Waals surface area contributed by atoms with Crippen molar-refractivity contribution < 1.29 is 4.79 Å². The molecule has 1 aliphatic rings. The Labute approximate surface area is 129 Å². The molecular weight excluding hydrogens is 258 g/mol. The van der Waals surface area contributed by atoms with E-state index in [2.05, 4.69) is 26.0 Å². The molecule has 1 fully saturated rings. The first-order valence-electron chi connectivity index (χ1n) is 8.45. The lowest BCUT2D eigenvalue weighted by Crippen LogP contribution is -2.17. The number of rotatable bonds is 8. The molecule has 1 aromatic rings. The van der Waals surface area contributed by atoms with Crippen molar-refractivity contribution >= 4 is 5.78 Å². The summed E-state index contributed by atoms with van der Waals surface area (Å²) in [6, 6.07) is 8.23. The molecule has 0 aliphatic heterocycles. The molecule has 1 saturated carbocycles. The number of benzene rings is 1. The predicted octanol–water partition coefficient (Wildman–Crippen LogP) is 4.54. The lowest BCUT2D eigenvalue weighted by molar-refractivity contribution is 0.0967. The van der Waals surface area contributed by atoms with Gasteiger partial charge in [-0.2, -0.15) is 0 Å². The second kappa shape index (κ2) is 7.74. The van der Waals surface area contributed by atoms with E-state index in [-0.39, 0.29) is 0 Å². The lowest BCUT2D eigenvalue weighted by atomic mass is 9.77. The van der Waals surface area contributed by atoms with Crippen LogP contribution in [0.15, 0.2) is 24.3 Å². The van der Waals surface area contributed by atoms with Crippen LogP contribution >= 0.6 is 0 Å². The van der Waals surface area contributed by atoms with Gasteiger partial charge in [-0.05, 0) is 55.5 Å². The van der Waals surface area contributed by atoms with Gasteiger partial charge in [0.05, 0.1) is 0 Å². The van der Waals surface area contributed by atoms with E-state index in [0.29, 0.717) is 30.0 Å². The Kier molecular flexibility index (Phi) is 5.98. The molecule has 1 atom stereocenters. The van der Waals surface area contributed by atoms with Crippen molar-refractivity contribution in [3.63, 3.8) is 0 Å². The number of hydrogen-bond acceptors (Lipinski definition) is 2. The van der Waals surface area contributed by atoms with Gasteiger partial charge in [-0.3, -0.25) is 4.79 Å².